The van der Waals surface area contributed by atoms with E-state index in [9.17, 15) is 9.59 Å². The standard InChI is InChI=1S/C10H13NO4S/c11-8(10(14)15)5-6(9(12)13)4-7-2-1-3-16-7/h1-3,6,8H,4-5,11H2,(H,12,13)(H,14,15)/t6-,8+/m1/s1. The monoisotopic (exact) mass is 243 g/mol. The number of nitrogens with two attached hydrogens (primary N) is 1. The average Bonchev–Trinajstić information content (AvgIpc) is 2.68. The topological polar surface area (TPSA) is 101 Å². The SMILES string of the molecule is N[C@@H](C[C@@H](Cc1cccs1)C(=O)O)C(=O)O. The van der Waals surface area contributed by atoms with Gasteiger partial charge in [0.25, 0.3) is 0 Å². The first-order chi connectivity index (χ1) is 7.50. The van der Waals surface area contributed by atoms with Crippen LogP contribution in [-0.4, -0.2) is 28.2 Å². The van der Waals surface area contributed by atoms with Crippen LogP contribution in [0.15, 0.2) is 17.5 Å². The van der Waals surface area contributed by atoms with E-state index in [1.54, 1.807) is 0 Å². The molecule has 0 radical (unpaired) electrons. The minimum Gasteiger partial charge on any atom is -0.481 e. The quantitative estimate of drug-likeness (QED) is 0.686. The molecule has 16 heavy (non-hydrogen) atoms. The molecular weight excluding hydrogens is 230 g/mol. The van der Waals surface area contributed by atoms with Crippen LogP contribution in [0.1, 0.15) is 11.3 Å². The summed E-state index contributed by atoms with van der Waals surface area (Å²) >= 11 is 1.45. The maximum atomic E-state index is 10.9. The zero-order valence-electron chi connectivity index (χ0n) is 8.50. The number of aliphatic carboxylic acids is 2. The maximum Gasteiger partial charge on any atom is 0.320 e. The summed E-state index contributed by atoms with van der Waals surface area (Å²) in [6, 6.07) is 2.53. The van der Waals surface area contributed by atoms with Crippen molar-refractivity contribution >= 4 is 23.3 Å². The first-order valence-electron chi connectivity index (χ1n) is 4.74. The summed E-state index contributed by atoms with van der Waals surface area (Å²) in [5.74, 6) is -2.92. The Bertz CT molecular complexity index is 363. The molecule has 4 N–H and O–H groups in total. The van der Waals surface area contributed by atoms with Gasteiger partial charge in [-0.05, 0) is 24.3 Å². The highest BCUT2D eigenvalue weighted by atomic mass is 32.1. The van der Waals surface area contributed by atoms with Crippen LogP contribution in [0.25, 0.3) is 0 Å². The van der Waals surface area contributed by atoms with Crippen LogP contribution in [0.2, 0.25) is 0 Å². The Morgan fingerprint density at radius 3 is 2.50 bits per heavy atom. The Balaban J connectivity index is 2.61. The highest BCUT2D eigenvalue weighted by Crippen LogP contribution is 2.18. The van der Waals surface area contributed by atoms with Crippen molar-refractivity contribution in [3.63, 3.8) is 0 Å². The fraction of sp³-hybridized carbons (Fsp3) is 0.400. The molecule has 0 fully saturated rings. The van der Waals surface area contributed by atoms with E-state index >= 15 is 0 Å². The third-order valence-electron chi connectivity index (χ3n) is 2.23. The summed E-state index contributed by atoms with van der Waals surface area (Å²) in [6.45, 7) is 0. The molecule has 0 saturated heterocycles. The summed E-state index contributed by atoms with van der Waals surface area (Å²) in [6.07, 6.45) is 0.274. The summed E-state index contributed by atoms with van der Waals surface area (Å²) in [4.78, 5) is 22.4. The molecule has 88 valence electrons. The van der Waals surface area contributed by atoms with E-state index in [-0.39, 0.29) is 6.42 Å². The van der Waals surface area contributed by atoms with Crippen LogP contribution < -0.4 is 5.73 Å². The predicted octanol–water partition coefficient (Wildman–Crippen LogP) is 0.793. The van der Waals surface area contributed by atoms with Crippen molar-refractivity contribution in [2.75, 3.05) is 0 Å². The third-order valence-corrected chi connectivity index (χ3v) is 3.13. The Kier molecular flexibility index (Phi) is 4.45. The van der Waals surface area contributed by atoms with Crippen molar-refractivity contribution in [1.29, 1.82) is 0 Å². The highest BCUT2D eigenvalue weighted by molar-refractivity contribution is 7.09. The molecule has 0 aromatic carbocycles. The molecule has 6 heteroatoms. The summed E-state index contributed by atoms with van der Waals surface area (Å²) < 4.78 is 0. The lowest BCUT2D eigenvalue weighted by atomic mass is 9.96. The van der Waals surface area contributed by atoms with Crippen molar-refractivity contribution in [2.24, 2.45) is 11.7 Å². The molecule has 0 saturated carbocycles. The molecular formula is C10H13NO4S. The van der Waals surface area contributed by atoms with Crippen LogP contribution in [-0.2, 0) is 16.0 Å². The molecule has 0 aliphatic rings. The third kappa shape index (κ3) is 3.63. The zero-order valence-corrected chi connectivity index (χ0v) is 9.31. The fourth-order valence-corrected chi connectivity index (χ4v) is 2.14. The molecule has 0 aliphatic carbocycles. The number of hydrogen-bond acceptors (Lipinski definition) is 4. The fourth-order valence-electron chi connectivity index (χ4n) is 1.35. The van der Waals surface area contributed by atoms with E-state index in [2.05, 4.69) is 0 Å². The average molecular weight is 243 g/mol. The van der Waals surface area contributed by atoms with E-state index in [4.69, 9.17) is 15.9 Å². The van der Waals surface area contributed by atoms with E-state index < -0.39 is 23.9 Å². The van der Waals surface area contributed by atoms with E-state index in [0.717, 1.165) is 4.88 Å². The van der Waals surface area contributed by atoms with Gasteiger partial charge in [0.2, 0.25) is 0 Å². The van der Waals surface area contributed by atoms with E-state index in [0.29, 0.717) is 6.42 Å². The molecule has 1 heterocycles. The molecule has 0 unspecified atom stereocenters. The number of thiophene rings is 1. The first kappa shape index (κ1) is 12.7. The van der Waals surface area contributed by atoms with Crippen molar-refractivity contribution in [3.05, 3.63) is 22.4 Å². The van der Waals surface area contributed by atoms with Gasteiger partial charge in [0.1, 0.15) is 6.04 Å². The van der Waals surface area contributed by atoms with Crippen LogP contribution in [0.3, 0.4) is 0 Å². The first-order valence-corrected chi connectivity index (χ1v) is 5.62. The van der Waals surface area contributed by atoms with E-state index in [1.165, 1.54) is 11.3 Å². The lowest BCUT2D eigenvalue weighted by molar-refractivity contribution is -0.143. The number of rotatable bonds is 6. The maximum absolute atomic E-state index is 10.9. The summed E-state index contributed by atoms with van der Waals surface area (Å²) in [7, 11) is 0. The summed E-state index contributed by atoms with van der Waals surface area (Å²) in [5, 5.41) is 19.4. The second-order valence-corrected chi connectivity index (χ2v) is 4.53. The van der Waals surface area contributed by atoms with Crippen LogP contribution in [0, 0.1) is 5.92 Å². The molecule has 0 spiro atoms. The van der Waals surface area contributed by atoms with Crippen LogP contribution in [0.4, 0.5) is 0 Å². The Morgan fingerprint density at radius 1 is 1.38 bits per heavy atom. The Labute approximate surface area is 96.5 Å². The normalized spacial score (nSPS) is 14.3. The molecule has 5 nitrogen and oxygen atoms in total. The summed E-state index contributed by atoms with van der Waals surface area (Å²) in [5.41, 5.74) is 5.32. The smallest absolute Gasteiger partial charge is 0.320 e. The molecule has 1 aromatic heterocycles. The Morgan fingerprint density at radius 2 is 2.06 bits per heavy atom. The van der Waals surface area contributed by atoms with Gasteiger partial charge in [-0.3, -0.25) is 9.59 Å². The molecule has 0 amide bonds. The van der Waals surface area contributed by atoms with Gasteiger partial charge in [0, 0.05) is 4.88 Å². The minimum absolute atomic E-state index is 0.0530. The van der Waals surface area contributed by atoms with Gasteiger partial charge in [0.15, 0.2) is 0 Å². The van der Waals surface area contributed by atoms with Crippen molar-refractivity contribution in [2.45, 2.75) is 18.9 Å². The van der Waals surface area contributed by atoms with Gasteiger partial charge < -0.3 is 15.9 Å². The molecule has 1 aromatic rings. The van der Waals surface area contributed by atoms with Crippen LogP contribution >= 0.6 is 11.3 Å². The molecule has 2 atom stereocenters. The van der Waals surface area contributed by atoms with Gasteiger partial charge in [-0.15, -0.1) is 11.3 Å². The number of carbonyl (C=O) groups is 2. The molecule has 1 rings (SSSR count). The van der Waals surface area contributed by atoms with Gasteiger partial charge in [-0.2, -0.15) is 0 Å². The molecule has 0 bridgehead atoms. The number of carboxylic acid groups (broad SMARTS) is 2. The van der Waals surface area contributed by atoms with E-state index in [1.807, 2.05) is 17.5 Å². The van der Waals surface area contributed by atoms with Gasteiger partial charge >= 0.3 is 11.9 Å². The lowest BCUT2D eigenvalue weighted by Gasteiger charge is -2.13. The van der Waals surface area contributed by atoms with Gasteiger partial charge in [-0.25, -0.2) is 0 Å². The predicted molar refractivity (Wildman–Crippen MR) is 59.4 cm³/mol. The van der Waals surface area contributed by atoms with Gasteiger partial charge in [0.05, 0.1) is 5.92 Å². The second kappa shape index (κ2) is 5.62. The highest BCUT2D eigenvalue weighted by Gasteiger charge is 2.24. The van der Waals surface area contributed by atoms with Crippen molar-refractivity contribution in [3.8, 4) is 0 Å². The zero-order chi connectivity index (χ0) is 12.1. The largest absolute Gasteiger partial charge is 0.481 e. The van der Waals surface area contributed by atoms with Crippen molar-refractivity contribution < 1.29 is 19.8 Å². The van der Waals surface area contributed by atoms with Crippen molar-refractivity contribution in [1.82, 2.24) is 0 Å². The van der Waals surface area contributed by atoms with Crippen LogP contribution in [0.5, 0.6) is 0 Å². The second-order valence-electron chi connectivity index (χ2n) is 3.50. The van der Waals surface area contributed by atoms with Gasteiger partial charge in [-0.1, -0.05) is 6.07 Å². The lowest BCUT2D eigenvalue weighted by Crippen LogP contribution is -2.35. The number of hydrogen-bond donors (Lipinski definition) is 3. The Hall–Kier alpha value is -1.40. The number of carboxylic acids is 2. The molecule has 0 aliphatic heterocycles. The minimum atomic E-state index is -1.17.